The lowest BCUT2D eigenvalue weighted by molar-refractivity contribution is 0.978. The zero-order chi connectivity index (χ0) is 8.97. The molecule has 0 saturated heterocycles. The lowest BCUT2D eigenvalue weighted by Gasteiger charge is -1.91. The van der Waals surface area contributed by atoms with Crippen LogP contribution in [0.4, 0.5) is 0 Å². The molecule has 2 nitrogen and oxygen atoms in total. The summed E-state index contributed by atoms with van der Waals surface area (Å²) < 4.78 is 0. The van der Waals surface area contributed by atoms with E-state index in [2.05, 4.69) is 18.2 Å². The fourth-order valence-corrected chi connectivity index (χ4v) is 2.79. The zero-order valence-corrected chi connectivity index (χ0v) is 9.10. The van der Waals surface area contributed by atoms with E-state index in [0.717, 1.165) is 12.2 Å². The molecule has 12 heavy (non-hydrogen) atoms. The lowest BCUT2D eigenvalue weighted by atomic mass is 10.3. The Morgan fingerprint density at radius 1 is 1.58 bits per heavy atom. The van der Waals surface area contributed by atoms with Crippen LogP contribution in [0.1, 0.15) is 22.5 Å². The molecule has 0 fully saturated rings. The second-order valence-corrected chi connectivity index (χ2v) is 4.50. The molecular formula is C8H14N2S2. The molecule has 0 aliphatic rings. The third-order valence-corrected chi connectivity index (χ3v) is 3.48. The fourth-order valence-electron chi connectivity index (χ4n) is 1.06. The Labute approximate surface area is 81.6 Å². The number of hydrogen-bond donors (Lipinski definition) is 1. The summed E-state index contributed by atoms with van der Waals surface area (Å²) >= 11 is 3.56. The maximum absolute atomic E-state index is 5.60. The molecule has 0 aliphatic heterocycles. The van der Waals surface area contributed by atoms with Crippen molar-refractivity contribution < 1.29 is 0 Å². The second kappa shape index (κ2) is 4.84. The van der Waals surface area contributed by atoms with Gasteiger partial charge in [-0.2, -0.15) is 11.8 Å². The van der Waals surface area contributed by atoms with Crippen molar-refractivity contribution in [3.63, 3.8) is 0 Å². The molecule has 0 atom stereocenters. The molecule has 0 bridgehead atoms. The van der Waals surface area contributed by atoms with Crippen molar-refractivity contribution in [2.45, 2.75) is 25.6 Å². The van der Waals surface area contributed by atoms with Crippen LogP contribution in [0.25, 0.3) is 0 Å². The molecule has 0 aromatic carbocycles. The van der Waals surface area contributed by atoms with Gasteiger partial charge in [-0.15, -0.1) is 11.3 Å². The Morgan fingerprint density at radius 2 is 2.33 bits per heavy atom. The molecule has 0 amide bonds. The minimum absolute atomic E-state index is 0.634. The summed E-state index contributed by atoms with van der Waals surface area (Å²) in [6, 6.07) is 0. The van der Waals surface area contributed by atoms with Gasteiger partial charge in [0.25, 0.3) is 0 Å². The minimum Gasteiger partial charge on any atom is -0.326 e. The van der Waals surface area contributed by atoms with Crippen LogP contribution in [0.5, 0.6) is 0 Å². The third-order valence-electron chi connectivity index (χ3n) is 1.61. The minimum atomic E-state index is 0.634. The highest BCUT2D eigenvalue weighted by Gasteiger charge is 2.06. The number of thiazole rings is 1. The van der Waals surface area contributed by atoms with Crippen molar-refractivity contribution in [2.24, 2.45) is 5.73 Å². The van der Waals surface area contributed by atoms with Crippen LogP contribution in [0.2, 0.25) is 0 Å². The van der Waals surface area contributed by atoms with E-state index in [1.54, 1.807) is 23.1 Å². The number of aromatic nitrogens is 1. The predicted octanol–water partition coefficient (Wildman–Crippen LogP) is 2.03. The van der Waals surface area contributed by atoms with Gasteiger partial charge in [-0.1, -0.05) is 6.92 Å². The van der Waals surface area contributed by atoms with Crippen LogP contribution in [0, 0.1) is 0 Å². The summed E-state index contributed by atoms with van der Waals surface area (Å²) in [7, 11) is 0. The van der Waals surface area contributed by atoms with Crippen LogP contribution < -0.4 is 5.73 Å². The number of thioether (sulfide) groups is 1. The number of aryl methyl sites for hydroxylation is 1. The van der Waals surface area contributed by atoms with Crippen LogP contribution in [-0.2, 0) is 18.7 Å². The first-order valence-corrected chi connectivity index (χ1v) is 6.19. The van der Waals surface area contributed by atoms with Gasteiger partial charge in [-0.05, 0) is 12.7 Å². The van der Waals surface area contributed by atoms with Crippen molar-refractivity contribution in [1.82, 2.24) is 4.98 Å². The van der Waals surface area contributed by atoms with E-state index in [1.165, 1.54) is 15.6 Å². The standard InChI is InChI=1S/C8H14N2S2/c1-3-6-7(4-9)12-8(10-6)5-11-2/h3-5,9H2,1-2H3. The van der Waals surface area contributed by atoms with Gasteiger partial charge in [0.15, 0.2) is 0 Å². The van der Waals surface area contributed by atoms with Gasteiger partial charge >= 0.3 is 0 Å². The highest BCUT2D eigenvalue weighted by atomic mass is 32.2. The molecule has 2 N–H and O–H groups in total. The monoisotopic (exact) mass is 202 g/mol. The number of hydrogen-bond acceptors (Lipinski definition) is 4. The quantitative estimate of drug-likeness (QED) is 0.812. The molecule has 1 aromatic rings. The van der Waals surface area contributed by atoms with Crippen molar-refractivity contribution in [3.05, 3.63) is 15.6 Å². The molecule has 4 heteroatoms. The van der Waals surface area contributed by atoms with E-state index in [-0.39, 0.29) is 0 Å². The van der Waals surface area contributed by atoms with Crippen LogP contribution in [0.15, 0.2) is 0 Å². The molecule has 1 rings (SSSR count). The van der Waals surface area contributed by atoms with Crippen molar-refractivity contribution in [2.75, 3.05) is 6.26 Å². The van der Waals surface area contributed by atoms with Gasteiger partial charge in [-0.3, -0.25) is 0 Å². The van der Waals surface area contributed by atoms with E-state index in [4.69, 9.17) is 5.73 Å². The third kappa shape index (κ3) is 2.21. The molecule has 0 saturated carbocycles. The summed E-state index contributed by atoms with van der Waals surface area (Å²) in [4.78, 5) is 5.76. The molecule has 0 aliphatic carbocycles. The molecule has 0 unspecified atom stereocenters. The zero-order valence-electron chi connectivity index (χ0n) is 7.46. The lowest BCUT2D eigenvalue weighted by Crippen LogP contribution is -1.96. The first-order valence-electron chi connectivity index (χ1n) is 3.98. The van der Waals surface area contributed by atoms with E-state index in [0.29, 0.717) is 6.54 Å². The van der Waals surface area contributed by atoms with Crippen LogP contribution >= 0.6 is 23.1 Å². The van der Waals surface area contributed by atoms with E-state index in [9.17, 15) is 0 Å². The van der Waals surface area contributed by atoms with Crippen molar-refractivity contribution >= 4 is 23.1 Å². The first-order chi connectivity index (χ1) is 5.81. The largest absolute Gasteiger partial charge is 0.326 e. The number of nitrogens with two attached hydrogens (primary N) is 1. The van der Waals surface area contributed by atoms with Gasteiger partial charge in [-0.25, -0.2) is 4.98 Å². The molecule has 68 valence electrons. The molecule has 1 heterocycles. The Kier molecular flexibility index (Phi) is 4.05. The maximum Gasteiger partial charge on any atom is 0.103 e. The summed E-state index contributed by atoms with van der Waals surface area (Å²) in [5, 5.41) is 1.21. The molecule has 0 spiro atoms. The first kappa shape index (κ1) is 10.0. The summed E-state index contributed by atoms with van der Waals surface area (Å²) in [5.74, 6) is 1.01. The van der Waals surface area contributed by atoms with Gasteiger partial charge in [0.1, 0.15) is 5.01 Å². The van der Waals surface area contributed by atoms with Crippen LogP contribution in [0.3, 0.4) is 0 Å². The highest BCUT2D eigenvalue weighted by molar-refractivity contribution is 7.97. The summed E-state index contributed by atoms with van der Waals surface area (Å²) in [6.07, 6.45) is 3.09. The average Bonchev–Trinajstić information content (AvgIpc) is 2.48. The second-order valence-electron chi connectivity index (χ2n) is 2.47. The smallest absolute Gasteiger partial charge is 0.103 e. The van der Waals surface area contributed by atoms with Crippen molar-refractivity contribution in [3.8, 4) is 0 Å². The normalized spacial score (nSPS) is 10.6. The van der Waals surface area contributed by atoms with Gasteiger partial charge in [0.2, 0.25) is 0 Å². The predicted molar refractivity (Wildman–Crippen MR) is 56.6 cm³/mol. The Bertz CT molecular complexity index is 224. The molecule has 0 radical (unpaired) electrons. The fraction of sp³-hybridized carbons (Fsp3) is 0.625. The van der Waals surface area contributed by atoms with Gasteiger partial charge < -0.3 is 5.73 Å². The Hall–Kier alpha value is -0.0600. The summed E-state index contributed by atoms with van der Waals surface area (Å²) in [6.45, 7) is 2.76. The van der Waals surface area contributed by atoms with E-state index < -0.39 is 0 Å². The van der Waals surface area contributed by atoms with E-state index >= 15 is 0 Å². The van der Waals surface area contributed by atoms with Gasteiger partial charge in [0.05, 0.1) is 5.69 Å². The Balaban J connectivity index is 2.81. The number of nitrogens with zero attached hydrogens (tertiary/aromatic N) is 1. The maximum atomic E-state index is 5.60. The SMILES string of the molecule is CCc1nc(CSC)sc1CN. The topological polar surface area (TPSA) is 38.9 Å². The molecular weight excluding hydrogens is 188 g/mol. The highest BCUT2D eigenvalue weighted by Crippen LogP contribution is 2.21. The average molecular weight is 202 g/mol. The van der Waals surface area contributed by atoms with Crippen LogP contribution in [-0.4, -0.2) is 11.2 Å². The van der Waals surface area contributed by atoms with Crippen molar-refractivity contribution in [1.29, 1.82) is 0 Å². The Morgan fingerprint density at radius 3 is 2.75 bits per heavy atom. The van der Waals surface area contributed by atoms with E-state index in [1.807, 2.05) is 0 Å². The molecule has 1 aromatic heterocycles. The number of rotatable bonds is 4. The summed E-state index contributed by atoms with van der Waals surface area (Å²) in [5.41, 5.74) is 6.79. The van der Waals surface area contributed by atoms with Gasteiger partial charge in [0, 0.05) is 17.2 Å².